The molecule has 0 bridgehead atoms. The summed E-state index contributed by atoms with van der Waals surface area (Å²) in [6.07, 6.45) is 3.64. The van der Waals surface area contributed by atoms with Crippen molar-refractivity contribution < 1.29 is 18.7 Å². The molecule has 0 saturated heterocycles. The molecule has 196 valence electrons. The lowest BCUT2D eigenvalue weighted by Gasteiger charge is -2.13. The van der Waals surface area contributed by atoms with Crippen molar-refractivity contribution in [1.29, 1.82) is 0 Å². The number of para-hydroxylation sites is 2. The molecule has 2 aromatic heterocycles. The van der Waals surface area contributed by atoms with Crippen molar-refractivity contribution in [3.63, 3.8) is 0 Å². The molecule has 0 fully saturated rings. The normalized spacial score (nSPS) is 10.8. The third kappa shape index (κ3) is 5.62. The van der Waals surface area contributed by atoms with Gasteiger partial charge in [0.25, 0.3) is 5.91 Å². The number of aryl methyl sites for hydroxylation is 1. The van der Waals surface area contributed by atoms with E-state index >= 15 is 0 Å². The maximum absolute atomic E-state index is 14.4. The first-order valence-electron chi connectivity index (χ1n) is 12.3. The number of nitrogens with two attached hydrogens (primary N) is 1. The highest BCUT2D eigenvalue weighted by Gasteiger charge is 2.14. The Morgan fingerprint density at radius 2 is 1.79 bits per heavy atom. The Bertz CT molecular complexity index is 1660. The van der Waals surface area contributed by atoms with Gasteiger partial charge in [-0.2, -0.15) is 0 Å². The largest absolute Gasteiger partial charge is 0.491 e. The summed E-state index contributed by atoms with van der Waals surface area (Å²) in [7, 11) is 1.37. The van der Waals surface area contributed by atoms with E-state index in [0.717, 1.165) is 22.2 Å². The number of nitrogen functional groups attached to an aromatic ring is 1. The van der Waals surface area contributed by atoms with Crippen LogP contribution in [-0.4, -0.2) is 34.6 Å². The molecule has 5 aromatic rings. The quantitative estimate of drug-likeness (QED) is 0.255. The standard InChI is InChI=1S/C30H26FN5O3/c1-18-23-13-21(22-14-24(31)30(38-2)33-16-22)15-27(28(23)35-17-34-18)39-12-11-19-7-9-20(10-8-19)29(37)36-26-6-4-3-5-25(26)32/h3-10,13-17H,11-12,32H2,1-2H3,(H,36,37). The number of nitrogens with zero attached hydrogens (tertiary/aromatic N) is 3. The molecule has 9 heteroatoms. The fourth-order valence-corrected chi connectivity index (χ4v) is 4.18. The number of methoxy groups -OCH3 is 1. The third-order valence-corrected chi connectivity index (χ3v) is 6.31. The number of hydrogen-bond acceptors (Lipinski definition) is 7. The predicted molar refractivity (Wildman–Crippen MR) is 148 cm³/mol. The van der Waals surface area contributed by atoms with Gasteiger partial charge in [-0.1, -0.05) is 24.3 Å². The fraction of sp³-hybridized carbons (Fsp3) is 0.133. The number of fused-ring (bicyclic) bond motifs is 1. The number of hydrogen-bond donors (Lipinski definition) is 2. The lowest BCUT2D eigenvalue weighted by Crippen LogP contribution is -2.13. The van der Waals surface area contributed by atoms with E-state index in [-0.39, 0.29) is 11.8 Å². The number of aromatic nitrogens is 3. The van der Waals surface area contributed by atoms with E-state index in [1.165, 1.54) is 19.5 Å². The van der Waals surface area contributed by atoms with Crippen molar-refractivity contribution in [3.8, 4) is 22.8 Å². The minimum atomic E-state index is -0.553. The number of carbonyl (C=O) groups excluding carboxylic acids is 1. The lowest BCUT2D eigenvalue weighted by molar-refractivity contribution is 0.102. The van der Waals surface area contributed by atoms with Crippen molar-refractivity contribution in [2.75, 3.05) is 24.8 Å². The van der Waals surface area contributed by atoms with Gasteiger partial charge >= 0.3 is 0 Å². The monoisotopic (exact) mass is 523 g/mol. The zero-order valence-electron chi connectivity index (χ0n) is 21.4. The molecule has 3 N–H and O–H groups in total. The van der Waals surface area contributed by atoms with Crippen LogP contribution in [0.1, 0.15) is 21.6 Å². The molecule has 1 amide bonds. The molecule has 5 rings (SSSR count). The van der Waals surface area contributed by atoms with Gasteiger partial charge in [0.2, 0.25) is 5.88 Å². The summed E-state index contributed by atoms with van der Waals surface area (Å²) in [5.41, 5.74) is 11.3. The first-order chi connectivity index (χ1) is 18.9. The number of halogens is 1. The molecule has 0 aliphatic carbocycles. The summed E-state index contributed by atoms with van der Waals surface area (Å²) >= 11 is 0. The average Bonchev–Trinajstić information content (AvgIpc) is 2.95. The van der Waals surface area contributed by atoms with Crippen LogP contribution < -0.4 is 20.5 Å². The number of carbonyl (C=O) groups is 1. The van der Waals surface area contributed by atoms with Crippen molar-refractivity contribution in [1.82, 2.24) is 15.0 Å². The number of rotatable bonds is 8. The van der Waals surface area contributed by atoms with Crippen LogP contribution in [0.3, 0.4) is 0 Å². The second kappa shape index (κ2) is 11.1. The summed E-state index contributed by atoms with van der Waals surface area (Å²) < 4.78 is 25.5. The highest BCUT2D eigenvalue weighted by Crippen LogP contribution is 2.33. The summed E-state index contributed by atoms with van der Waals surface area (Å²) in [4.78, 5) is 25.4. The number of ether oxygens (including phenoxy) is 2. The van der Waals surface area contributed by atoms with Crippen molar-refractivity contribution in [2.45, 2.75) is 13.3 Å². The molecule has 39 heavy (non-hydrogen) atoms. The summed E-state index contributed by atoms with van der Waals surface area (Å²) in [6.45, 7) is 2.25. The van der Waals surface area contributed by atoms with Gasteiger partial charge < -0.3 is 20.5 Å². The SMILES string of the molecule is COc1ncc(-c2cc(OCCc3ccc(C(=O)Nc4ccccc4N)cc3)c3ncnc(C)c3c2)cc1F. The molecule has 0 saturated carbocycles. The van der Waals surface area contributed by atoms with Crippen molar-refractivity contribution in [3.05, 3.63) is 102 Å². The van der Waals surface area contributed by atoms with Crippen LogP contribution in [0.2, 0.25) is 0 Å². The number of nitrogens with one attached hydrogen (secondary N) is 1. The molecule has 0 spiro atoms. The second-order valence-corrected chi connectivity index (χ2v) is 8.88. The number of amides is 1. The van der Waals surface area contributed by atoms with E-state index in [4.69, 9.17) is 15.2 Å². The zero-order chi connectivity index (χ0) is 27.4. The molecule has 0 atom stereocenters. The van der Waals surface area contributed by atoms with E-state index in [1.54, 1.807) is 30.5 Å². The van der Waals surface area contributed by atoms with Gasteiger partial charge in [-0.3, -0.25) is 4.79 Å². The highest BCUT2D eigenvalue weighted by atomic mass is 19.1. The van der Waals surface area contributed by atoms with Crippen LogP contribution in [0, 0.1) is 12.7 Å². The molecule has 0 radical (unpaired) electrons. The first kappa shape index (κ1) is 25.6. The van der Waals surface area contributed by atoms with E-state index in [9.17, 15) is 9.18 Å². The van der Waals surface area contributed by atoms with Gasteiger partial charge in [-0.15, -0.1) is 0 Å². The Morgan fingerprint density at radius 1 is 1.00 bits per heavy atom. The van der Waals surface area contributed by atoms with Crippen LogP contribution in [-0.2, 0) is 6.42 Å². The van der Waals surface area contributed by atoms with Gasteiger partial charge in [0.15, 0.2) is 5.82 Å². The number of anilines is 2. The molecular formula is C30H26FN5O3. The highest BCUT2D eigenvalue weighted by molar-refractivity contribution is 6.05. The summed E-state index contributed by atoms with van der Waals surface area (Å²) in [5, 5.41) is 3.63. The fourth-order valence-electron chi connectivity index (χ4n) is 4.18. The van der Waals surface area contributed by atoms with Gasteiger partial charge in [0.1, 0.15) is 17.6 Å². The van der Waals surface area contributed by atoms with Crippen LogP contribution in [0.25, 0.3) is 22.0 Å². The Labute approximate surface area is 224 Å². The summed E-state index contributed by atoms with van der Waals surface area (Å²) in [5.74, 6) is -0.301. The Kier molecular flexibility index (Phi) is 7.31. The van der Waals surface area contributed by atoms with E-state index < -0.39 is 5.82 Å². The van der Waals surface area contributed by atoms with E-state index in [2.05, 4.69) is 20.3 Å². The topological polar surface area (TPSA) is 112 Å². The molecule has 0 aliphatic heterocycles. The van der Waals surface area contributed by atoms with Gasteiger partial charge in [-0.05, 0) is 60.5 Å². The van der Waals surface area contributed by atoms with Gasteiger partial charge in [0, 0.05) is 34.8 Å². The van der Waals surface area contributed by atoms with E-state index in [0.29, 0.717) is 46.8 Å². The smallest absolute Gasteiger partial charge is 0.255 e. The second-order valence-electron chi connectivity index (χ2n) is 8.88. The Balaban J connectivity index is 1.31. The summed E-state index contributed by atoms with van der Waals surface area (Å²) in [6, 6.07) is 19.5. The number of pyridine rings is 1. The molecule has 0 aliphatic rings. The molecular weight excluding hydrogens is 497 g/mol. The first-order valence-corrected chi connectivity index (χ1v) is 12.3. The van der Waals surface area contributed by atoms with E-state index in [1.807, 2.05) is 43.3 Å². The van der Waals surface area contributed by atoms with Crippen LogP contribution in [0.5, 0.6) is 11.6 Å². The third-order valence-electron chi connectivity index (χ3n) is 6.31. The zero-order valence-corrected chi connectivity index (χ0v) is 21.4. The van der Waals surface area contributed by atoms with Crippen LogP contribution in [0.15, 0.2) is 79.3 Å². The maximum atomic E-state index is 14.4. The molecule has 8 nitrogen and oxygen atoms in total. The van der Waals surface area contributed by atoms with Crippen molar-refractivity contribution >= 4 is 28.2 Å². The molecule has 3 aromatic carbocycles. The minimum Gasteiger partial charge on any atom is -0.491 e. The Hall–Kier alpha value is -5.05. The van der Waals surface area contributed by atoms with Crippen molar-refractivity contribution in [2.24, 2.45) is 0 Å². The van der Waals surface area contributed by atoms with Crippen LogP contribution in [0.4, 0.5) is 15.8 Å². The minimum absolute atomic E-state index is 0.0665. The van der Waals surface area contributed by atoms with Gasteiger partial charge in [-0.25, -0.2) is 19.3 Å². The Morgan fingerprint density at radius 3 is 2.54 bits per heavy atom. The van der Waals surface area contributed by atoms with Gasteiger partial charge in [0.05, 0.1) is 25.1 Å². The number of benzene rings is 3. The molecule has 0 unspecified atom stereocenters. The predicted octanol–water partition coefficient (Wildman–Crippen LogP) is 5.60. The lowest BCUT2D eigenvalue weighted by atomic mass is 10.0. The maximum Gasteiger partial charge on any atom is 0.255 e. The van der Waals surface area contributed by atoms with Crippen LogP contribution >= 0.6 is 0 Å². The molecule has 2 heterocycles. The average molecular weight is 524 g/mol.